The third-order valence-corrected chi connectivity index (χ3v) is 4.37. The Morgan fingerprint density at radius 2 is 1.73 bits per heavy atom. The topological polar surface area (TPSA) is 46.5 Å². The van der Waals surface area contributed by atoms with Gasteiger partial charge in [-0.3, -0.25) is 10.4 Å². The van der Waals surface area contributed by atoms with E-state index in [1.165, 1.54) is 0 Å². The minimum atomic E-state index is 0.796. The van der Waals surface area contributed by atoms with E-state index in [4.69, 9.17) is 4.74 Å². The summed E-state index contributed by atoms with van der Waals surface area (Å²) in [4.78, 5) is 4.56. The van der Waals surface area contributed by atoms with Crippen LogP contribution in [0.5, 0.6) is 5.75 Å². The number of para-hydroxylation sites is 1. The highest BCUT2D eigenvalue weighted by molar-refractivity contribution is 6.03. The van der Waals surface area contributed by atoms with Crippen LogP contribution < -0.4 is 10.2 Å². The number of rotatable bonds is 4. The summed E-state index contributed by atoms with van der Waals surface area (Å²) in [6.45, 7) is 1.98. The summed E-state index contributed by atoms with van der Waals surface area (Å²) in [5, 5.41) is 7.78. The van der Waals surface area contributed by atoms with E-state index in [9.17, 15) is 0 Å². The summed E-state index contributed by atoms with van der Waals surface area (Å²) >= 11 is 0. The fourth-order valence-corrected chi connectivity index (χ4v) is 3.15. The normalized spacial score (nSPS) is 11.3. The van der Waals surface area contributed by atoms with Gasteiger partial charge >= 0.3 is 0 Å². The molecule has 0 amide bonds. The van der Waals surface area contributed by atoms with Crippen molar-refractivity contribution in [3.8, 4) is 5.75 Å². The number of fused-ring (bicyclic) bond motifs is 2. The van der Waals surface area contributed by atoms with E-state index >= 15 is 0 Å². The van der Waals surface area contributed by atoms with Crippen LogP contribution in [0.15, 0.2) is 71.8 Å². The van der Waals surface area contributed by atoms with Gasteiger partial charge in [-0.25, -0.2) is 0 Å². The Morgan fingerprint density at radius 3 is 2.58 bits per heavy atom. The zero-order valence-corrected chi connectivity index (χ0v) is 14.7. The molecule has 3 aromatic carbocycles. The van der Waals surface area contributed by atoms with Crippen molar-refractivity contribution < 1.29 is 4.74 Å². The van der Waals surface area contributed by atoms with Crippen molar-refractivity contribution in [1.82, 2.24) is 4.98 Å². The van der Waals surface area contributed by atoms with Crippen molar-refractivity contribution in [2.24, 2.45) is 5.10 Å². The van der Waals surface area contributed by atoms with Crippen LogP contribution in [0.3, 0.4) is 0 Å². The number of benzene rings is 3. The molecule has 0 radical (unpaired) electrons. The highest BCUT2D eigenvalue weighted by Gasteiger charge is 2.06. The van der Waals surface area contributed by atoms with Crippen LogP contribution in [0, 0.1) is 6.92 Å². The van der Waals surface area contributed by atoms with Crippen molar-refractivity contribution in [2.45, 2.75) is 6.92 Å². The van der Waals surface area contributed by atoms with Crippen molar-refractivity contribution in [1.29, 1.82) is 0 Å². The van der Waals surface area contributed by atoms with E-state index in [1.54, 1.807) is 7.11 Å². The van der Waals surface area contributed by atoms with Gasteiger partial charge in [0.2, 0.25) is 0 Å². The molecule has 0 bridgehead atoms. The Morgan fingerprint density at radius 1 is 0.962 bits per heavy atom. The number of hydrogen-bond acceptors (Lipinski definition) is 4. The average molecular weight is 341 g/mol. The number of aromatic nitrogens is 1. The Labute approximate surface area is 152 Å². The van der Waals surface area contributed by atoms with E-state index in [0.29, 0.717) is 0 Å². The van der Waals surface area contributed by atoms with E-state index in [-0.39, 0.29) is 0 Å². The number of ether oxygens (including phenoxy) is 1. The fraction of sp³-hybridized carbons (Fsp3) is 0.0909. The number of pyridine rings is 1. The van der Waals surface area contributed by atoms with Gasteiger partial charge in [-0.2, -0.15) is 5.10 Å². The van der Waals surface area contributed by atoms with Gasteiger partial charge in [0.15, 0.2) is 0 Å². The lowest BCUT2D eigenvalue weighted by molar-refractivity contribution is 0.415. The maximum atomic E-state index is 5.52. The second-order valence-corrected chi connectivity index (χ2v) is 6.10. The number of hydrogen-bond donors (Lipinski definition) is 1. The standard InChI is InChI=1S/C22H19N3O/c1-15-13-21(18-9-5-6-10-20(18)24-15)25-23-14-19-17-8-4-3-7-16(17)11-12-22(19)26-2/h3-14H,1-2H3,(H,24,25)/b23-14-. The molecule has 0 unspecified atom stereocenters. The summed E-state index contributed by atoms with van der Waals surface area (Å²) in [7, 11) is 1.68. The van der Waals surface area contributed by atoms with Crippen molar-refractivity contribution in [3.05, 3.63) is 78.0 Å². The maximum absolute atomic E-state index is 5.52. The first-order chi connectivity index (χ1) is 12.8. The number of nitrogens with one attached hydrogen (secondary N) is 1. The highest BCUT2D eigenvalue weighted by Crippen LogP contribution is 2.27. The zero-order valence-electron chi connectivity index (χ0n) is 14.7. The summed E-state index contributed by atoms with van der Waals surface area (Å²) in [5.74, 6) is 0.796. The van der Waals surface area contributed by atoms with E-state index in [0.717, 1.165) is 44.4 Å². The lowest BCUT2D eigenvalue weighted by atomic mass is 10.0. The van der Waals surface area contributed by atoms with Crippen LogP contribution in [-0.4, -0.2) is 18.3 Å². The molecule has 1 heterocycles. The predicted octanol–water partition coefficient (Wildman–Crippen LogP) is 5.15. The first-order valence-electron chi connectivity index (χ1n) is 8.47. The molecule has 26 heavy (non-hydrogen) atoms. The molecule has 0 spiro atoms. The molecule has 4 rings (SSSR count). The van der Waals surface area contributed by atoms with Gasteiger partial charge in [-0.15, -0.1) is 0 Å². The first-order valence-corrected chi connectivity index (χ1v) is 8.47. The Balaban J connectivity index is 1.73. The van der Waals surface area contributed by atoms with E-state index in [2.05, 4.69) is 33.7 Å². The molecule has 4 heteroatoms. The second kappa shape index (κ2) is 6.84. The SMILES string of the molecule is COc1ccc2ccccc2c1/C=N\Nc1cc(C)nc2ccccc12. The number of methoxy groups -OCH3 is 1. The molecule has 1 N–H and O–H groups in total. The van der Waals surface area contributed by atoms with Gasteiger partial charge in [-0.05, 0) is 35.9 Å². The van der Waals surface area contributed by atoms with Crippen LogP contribution in [0.2, 0.25) is 0 Å². The number of anilines is 1. The zero-order chi connectivity index (χ0) is 17.9. The van der Waals surface area contributed by atoms with E-state index in [1.807, 2.05) is 61.7 Å². The predicted molar refractivity (Wildman–Crippen MR) is 108 cm³/mol. The Kier molecular flexibility index (Phi) is 4.23. The molecule has 0 saturated heterocycles. The fourth-order valence-electron chi connectivity index (χ4n) is 3.15. The summed E-state index contributed by atoms with van der Waals surface area (Å²) in [6.07, 6.45) is 1.81. The Hall–Kier alpha value is -3.40. The van der Waals surface area contributed by atoms with Crippen LogP contribution in [0.1, 0.15) is 11.3 Å². The molecule has 0 aliphatic carbocycles. The molecule has 0 aliphatic heterocycles. The minimum Gasteiger partial charge on any atom is -0.496 e. The molecule has 4 nitrogen and oxygen atoms in total. The molecule has 0 fully saturated rings. The maximum Gasteiger partial charge on any atom is 0.128 e. The first kappa shape index (κ1) is 16.1. The van der Waals surface area contributed by atoms with Gasteiger partial charge in [0.1, 0.15) is 5.75 Å². The number of hydrazone groups is 1. The van der Waals surface area contributed by atoms with Crippen LogP contribution >= 0.6 is 0 Å². The van der Waals surface area contributed by atoms with Crippen molar-refractivity contribution in [2.75, 3.05) is 12.5 Å². The molecule has 1 aromatic heterocycles. The van der Waals surface area contributed by atoms with Gasteiger partial charge in [0, 0.05) is 16.6 Å². The van der Waals surface area contributed by atoms with Crippen molar-refractivity contribution in [3.63, 3.8) is 0 Å². The smallest absolute Gasteiger partial charge is 0.128 e. The summed E-state index contributed by atoms with van der Waals surface area (Å²) in [5.41, 5.74) is 6.95. The molecular formula is C22H19N3O. The second-order valence-electron chi connectivity index (χ2n) is 6.10. The molecule has 0 atom stereocenters. The quantitative estimate of drug-likeness (QED) is 0.412. The van der Waals surface area contributed by atoms with Crippen LogP contribution in [0.4, 0.5) is 5.69 Å². The Bertz CT molecular complexity index is 1120. The monoisotopic (exact) mass is 341 g/mol. The molecule has 0 aliphatic rings. The molecule has 4 aromatic rings. The summed E-state index contributed by atoms with van der Waals surface area (Å²) in [6, 6.07) is 22.3. The summed E-state index contributed by atoms with van der Waals surface area (Å²) < 4.78 is 5.52. The molecule has 128 valence electrons. The third-order valence-electron chi connectivity index (χ3n) is 4.37. The molecular weight excluding hydrogens is 322 g/mol. The van der Waals surface area contributed by atoms with Gasteiger partial charge in [0.25, 0.3) is 0 Å². The highest BCUT2D eigenvalue weighted by atomic mass is 16.5. The van der Waals surface area contributed by atoms with Crippen LogP contribution in [-0.2, 0) is 0 Å². The number of nitrogens with zero attached hydrogens (tertiary/aromatic N) is 2. The lowest BCUT2D eigenvalue weighted by Gasteiger charge is -2.09. The lowest BCUT2D eigenvalue weighted by Crippen LogP contribution is -1.97. The third kappa shape index (κ3) is 2.97. The largest absolute Gasteiger partial charge is 0.496 e. The van der Waals surface area contributed by atoms with Gasteiger partial charge in [-0.1, -0.05) is 48.5 Å². The van der Waals surface area contributed by atoms with E-state index < -0.39 is 0 Å². The van der Waals surface area contributed by atoms with Gasteiger partial charge < -0.3 is 4.74 Å². The van der Waals surface area contributed by atoms with Crippen molar-refractivity contribution >= 4 is 33.6 Å². The minimum absolute atomic E-state index is 0.796. The van der Waals surface area contributed by atoms with Crippen LogP contribution in [0.25, 0.3) is 21.7 Å². The molecule has 0 saturated carbocycles. The average Bonchev–Trinajstić information content (AvgIpc) is 2.67. The number of aryl methyl sites for hydroxylation is 1. The van der Waals surface area contributed by atoms with Gasteiger partial charge in [0.05, 0.1) is 24.5 Å².